The van der Waals surface area contributed by atoms with Crippen LogP contribution in [0.15, 0.2) is 42.5 Å². The molecule has 0 fully saturated rings. The number of nitrogens with one attached hydrogen (secondary N) is 1. The quantitative estimate of drug-likeness (QED) is 0.693. The Hall–Kier alpha value is -2.47. The van der Waals surface area contributed by atoms with Crippen molar-refractivity contribution >= 4 is 28.9 Å². The van der Waals surface area contributed by atoms with Crippen LogP contribution in [0.4, 0.5) is 15.8 Å². The molecule has 0 saturated heterocycles. The number of non-ortho nitro benzene ring substituents is 1. The zero-order chi connectivity index (χ0) is 15.4. The van der Waals surface area contributed by atoms with E-state index in [0.717, 1.165) is 0 Å². The van der Waals surface area contributed by atoms with Crippen molar-refractivity contribution in [3.63, 3.8) is 0 Å². The summed E-state index contributed by atoms with van der Waals surface area (Å²) < 4.78 is 13.6. The van der Waals surface area contributed by atoms with Crippen molar-refractivity contribution in [3.8, 4) is 0 Å². The number of hydrogen-bond acceptors (Lipinski definition) is 3. The first-order valence-corrected chi connectivity index (χ1v) is 6.32. The molecule has 2 rings (SSSR count). The summed E-state index contributed by atoms with van der Waals surface area (Å²) in [5.74, 6) is -1.14. The van der Waals surface area contributed by atoms with Crippen LogP contribution >= 0.6 is 11.6 Å². The van der Waals surface area contributed by atoms with Gasteiger partial charge >= 0.3 is 0 Å². The smallest absolute Gasteiger partial charge is 0.269 e. The number of nitrogens with zero attached hydrogens (tertiary/aromatic N) is 1. The van der Waals surface area contributed by atoms with Crippen molar-refractivity contribution in [1.29, 1.82) is 0 Å². The van der Waals surface area contributed by atoms with Crippen molar-refractivity contribution in [3.05, 3.63) is 69.0 Å². The number of halogens is 2. The molecule has 1 N–H and O–H groups in total. The van der Waals surface area contributed by atoms with Crippen LogP contribution in [-0.2, 0) is 11.2 Å². The van der Waals surface area contributed by atoms with Gasteiger partial charge in [-0.1, -0.05) is 29.8 Å². The number of carbonyl (C=O) groups is 1. The molecule has 0 unspecified atom stereocenters. The molecule has 0 atom stereocenters. The molecular formula is C14H10ClFN2O3. The SMILES string of the molecule is O=C(Cc1ccc([N+](=O)[O-])cc1)Nc1cccc(Cl)c1F. The zero-order valence-corrected chi connectivity index (χ0v) is 11.4. The maximum Gasteiger partial charge on any atom is 0.269 e. The van der Waals surface area contributed by atoms with E-state index in [4.69, 9.17) is 11.6 Å². The average molecular weight is 309 g/mol. The Kier molecular flexibility index (Phi) is 4.49. The van der Waals surface area contributed by atoms with Crippen molar-refractivity contribution in [1.82, 2.24) is 0 Å². The van der Waals surface area contributed by atoms with E-state index in [0.29, 0.717) is 5.56 Å². The minimum absolute atomic E-state index is 0.00517. The maximum atomic E-state index is 13.6. The number of nitro benzene ring substituents is 1. The average Bonchev–Trinajstić information content (AvgIpc) is 2.44. The Labute approximate surface area is 124 Å². The van der Waals surface area contributed by atoms with E-state index in [-0.39, 0.29) is 22.8 Å². The second kappa shape index (κ2) is 6.32. The van der Waals surface area contributed by atoms with Gasteiger partial charge in [-0.05, 0) is 17.7 Å². The fourth-order valence-corrected chi connectivity index (χ4v) is 1.89. The molecule has 0 aromatic heterocycles. The monoisotopic (exact) mass is 308 g/mol. The van der Waals surface area contributed by atoms with Gasteiger partial charge in [0, 0.05) is 12.1 Å². The molecule has 0 spiro atoms. The third-order valence-electron chi connectivity index (χ3n) is 2.74. The van der Waals surface area contributed by atoms with Gasteiger partial charge < -0.3 is 5.32 Å². The summed E-state index contributed by atoms with van der Waals surface area (Å²) in [6.07, 6.45) is -0.0239. The highest BCUT2D eigenvalue weighted by molar-refractivity contribution is 6.31. The molecule has 1 amide bonds. The fourth-order valence-electron chi connectivity index (χ4n) is 1.72. The van der Waals surface area contributed by atoms with Gasteiger partial charge in [-0.3, -0.25) is 14.9 Å². The number of anilines is 1. The van der Waals surface area contributed by atoms with Crippen LogP contribution < -0.4 is 5.32 Å². The first kappa shape index (κ1) is 14.9. The molecule has 7 heteroatoms. The summed E-state index contributed by atoms with van der Waals surface area (Å²) in [6.45, 7) is 0. The van der Waals surface area contributed by atoms with E-state index in [1.54, 1.807) is 0 Å². The summed E-state index contributed by atoms with van der Waals surface area (Å²) in [5.41, 5.74) is 0.523. The summed E-state index contributed by atoms with van der Waals surface area (Å²) >= 11 is 5.61. The number of benzene rings is 2. The van der Waals surface area contributed by atoms with Gasteiger partial charge in [0.2, 0.25) is 5.91 Å². The van der Waals surface area contributed by atoms with Crippen molar-refractivity contribution in [2.75, 3.05) is 5.32 Å². The second-order valence-electron chi connectivity index (χ2n) is 4.25. The summed E-state index contributed by atoms with van der Waals surface area (Å²) in [4.78, 5) is 21.8. The molecule has 0 aliphatic heterocycles. The molecule has 0 bridgehead atoms. The van der Waals surface area contributed by atoms with Gasteiger partial charge in [-0.15, -0.1) is 0 Å². The molecule has 0 heterocycles. The van der Waals surface area contributed by atoms with Gasteiger partial charge in [-0.2, -0.15) is 0 Å². The number of nitro groups is 1. The highest BCUT2D eigenvalue weighted by Crippen LogP contribution is 2.22. The molecule has 0 aliphatic carbocycles. The van der Waals surface area contributed by atoms with Crippen LogP contribution in [0.1, 0.15) is 5.56 Å². The normalized spacial score (nSPS) is 10.2. The number of amides is 1. The van der Waals surface area contributed by atoms with E-state index in [2.05, 4.69) is 5.32 Å². The minimum atomic E-state index is -0.698. The van der Waals surface area contributed by atoms with Crippen molar-refractivity contribution < 1.29 is 14.1 Å². The lowest BCUT2D eigenvalue weighted by Gasteiger charge is -2.07. The van der Waals surface area contributed by atoms with E-state index in [1.807, 2.05) is 0 Å². The van der Waals surface area contributed by atoms with Gasteiger partial charge in [0.05, 0.1) is 22.1 Å². The first-order chi connectivity index (χ1) is 9.97. The van der Waals surface area contributed by atoms with E-state index in [9.17, 15) is 19.3 Å². The molecular weight excluding hydrogens is 299 g/mol. The van der Waals surface area contributed by atoms with E-state index < -0.39 is 16.6 Å². The maximum absolute atomic E-state index is 13.6. The Morgan fingerprint density at radius 1 is 1.24 bits per heavy atom. The van der Waals surface area contributed by atoms with Crippen LogP contribution in [0, 0.1) is 15.9 Å². The van der Waals surface area contributed by atoms with Crippen LogP contribution in [-0.4, -0.2) is 10.8 Å². The van der Waals surface area contributed by atoms with Gasteiger partial charge in [0.15, 0.2) is 5.82 Å². The van der Waals surface area contributed by atoms with Crippen molar-refractivity contribution in [2.45, 2.75) is 6.42 Å². The van der Waals surface area contributed by atoms with E-state index >= 15 is 0 Å². The Morgan fingerprint density at radius 3 is 2.52 bits per heavy atom. The van der Waals surface area contributed by atoms with Crippen LogP contribution in [0.5, 0.6) is 0 Å². The third kappa shape index (κ3) is 3.76. The summed E-state index contributed by atoms with van der Waals surface area (Å²) in [6, 6.07) is 9.87. The van der Waals surface area contributed by atoms with Crippen LogP contribution in [0.25, 0.3) is 0 Å². The first-order valence-electron chi connectivity index (χ1n) is 5.94. The lowest BCUT2D eigenvalue weighted by atomic mass is 10.1. The molecule has 0 radical (unpaired) electrons. The largest absolute Gasteiger partial charge is 0.323 e. The predicted molar refractivity (Wildman–Crippen MR) is 76.8 cm³/mol. The third-order valence-corrected chi connectivity index (χ3v) is 3.03. The Balaban J connectivity index is 2.04. The molecule has 5 nitrogen and oxygen atoms in total. The molecule has 21 heavy (non-hydrogen) atoms. The number of rotatable bonds is 4. The van der Waals surface area contributed by atoms with Crippen LogP contribution in [0.3, 0.4) is 0 Å². The summed E-state index contributed by atoms with van der Waals surface area (Å²) in [5, 5.41) is 12.8. The van der Waals surface area contributed by atoms with E-state index in [1.165, 1.54) is 42.5 Å². The number of carbonyl (C=O) groups excluding carboxylic acids is 1. The summed E-state index contributed by atoms with van der Waals surface area (Å²) in [7, 11) is 0. The lowest BCUT2D eigenvalue weighted by molar-refractivity contribution is -0.384. The van der Waals surface area contributed by atoms with Gasteiger partial charge in [-0.25, -0.2) is 4.39 Å². The topological polar surface area (TPSA) is 72.2 Å². The minimum Gasteiger partial charge on any atom is -0.323 e. The lowest BCUT2D eigenvalue weighted by Crippen LogP contribution is -2.15. The van der Waals surface area contributed by atoms with Gasteiger partial charge in [0.1, 0.15) is 0 Å². The molecule has 2 aromatic rings. The fraction of sp³-hybridized carbons (Fsp3) is 0.0714. The molecule has 0 aliphatic rings. The molecule has 0 saturated carbocycles. The standard InChI is InChI=1S/C14H10ClFN2O3/c15-11-2-1-3-12(14(11)16)17-13(19)8-9-4-6-10(7-5-9)18(20)21/h1-7H,8H2,(H,17,19). The van der Waals surface area contributed by atoms with Gasteiger partial charge in [0.25, 0.3) is 5.69 Å². The Bertz CT molecular complexity index is 689. The zero-order valence-electron chi connectivity index (χ0n) is 10.7. The van der Waals surface area contributed by atoms with Crippen molar-refractivity contribution in [2.24, 2.45) is 0 Å². The van der Waals surface area contributed by atoms with Crippen LogP contribution in [0.2, 0.25) is 5.02 Å². The highest BCUT2D eigenvalue weighted by Gasteiger charge is 2.11. The highest BCUT2D eigenvalue weighted by atomic mass is 35.5. The molecule has 2 aromatic carbocycles. The molecule has 108 valence electrons. The Morgan fingerprint density at radius 2 is 1.90 bits per heavy atom. The predicted octanol–water partition coefficient (Wildman–Crippen LogP) is 3.57. The number of hydrogen-bond donors (Lipinski definition) is 1. The second-order valence-corrected chi connectivity index (χ2v) is 4.66.